The van der Waals surface area contributed by atoms with Gasteiger partial charge >= 0.3 is 0 Å². The highest BCUT2D eigenvalue weighted by atomic mass is 79.9. The Morgan fingerprint density at radius 2 is 2.29 bits per heavy atom. The molecule has 1 heterocycles. The van der Waals surface area contributed by atoms with Gasteiger partial charge < -0.3 is 9.88 Å². The lowest BCUT2D eigenvalue weighted by molar-refractivity contribution is 0.101. The summed E-state index contributed by atoms with van der Waals surface area (Å²) in [5.74, 6) is -0.660. The Kier molecular flexibility index (Phi) is 3.23. The molecular weight excluding hydrogens is 289 g/mol. The van der Waals surface area contributed by atoms with Crippen molar-refractivity contribution in [3.8, 4) is 0 Å². The predicted molar refractivity (Wildman–Crippen MR) is 65.3 cm³/mol. The van der Waals surface area contributed by atoms with Crippen molar-refractivity contribution >= 4 is 27.5 Å². The van der Waals surface area contributed by atoms with Crippen LogP contribution < -0.4 is 5.32 Å². The molecule has 0 atom stereocenters. The van der Waals surface area contributed by atoms with Crippen molar-refractivity contribution < 1.29 is 9.18 Å². The summed E-state index contributed by atoms with van der Waals surface area (Å²) in [6.07, 6.45) is 3.00. The quantitative estimate of drug-likeness (QED) is 0.926. The average Bonchev–Trinajstić information content (AvgIpc) is 2.70. The molecule has 0 aliphatic carbocycles. The minimum absolute atomic E-state index is 0.288. The molecule has 0 spiro atoms. The molecule has 0 aliphatic rings. The van der Waals surface area contributed by atoms with Crippen LogP contribution in [-0.2, 0) is 7.05 Å². The van der Waals surface area contributed by atoms with E-state index in [-0.39, 0.29) is 11.7 Å². The monoisotopic (exact) mass is 297 g/mol. The Balaban J connectivity index is 2.19. The molecule has 0 saturated heterocycles. The van der Waals surface area contributed by atoms with E-state index in [0.717, 1.165) is 0 Å². The Morgan fingerprint density at radius 3 is 2.88 bits per heavy atom. The minimum Gasteiger partial charge on any atom is -0.330 e. The number of nitrogens with one attached hydrogen (secondary N) is 1. The van der Waals surface area contributed by atoms with Crippen LogP contribution >= 0.6 is 15.9 Å². The highest BCUT2D eigenvalue weighted by Gasteiger charge is 2.10. The van der Waals surface area contributed by atoms with Crippen LogP contribution in [0.4, 0.5) is 10.1 Å². The van der Waals surface area contributed by atoms with Gasteiger partial charge in [-0.05, 0) is 34.1 Å². The van der Waals surface area contributed by atoms with Gasteiger partial charge in [0.05, 0.1) is 17.0 Å². The number of benzene rings is 1. The van der Waals surface area contributed by atoms with Gasteiger partial charge in [-0.25, -0.2) is 9.37 Å². The molecule has 0 fully saturated rings. The zero-order valence-corrected chi connectivity index (χ0v) is 10.5. The van der Waals surface area contributed by atoms with Gasteiger partial charge in [-0.2, -0.15) is 0 Å². The van der Waals surface area contributed by atoms with Gasteiger partial charge in [0.1, 0.15) is 11.5 Å². The van der Waals surface area contributed by atoms with Crippen molar-refractivity contribution in [2.75, 3.05) is 5.32 Å². The van der Waals surface area contributed by atoms with Crippen LogP contribution in [0.15, 0.2) is 35.2 Å². The van der Waals surface area contributed by atoms with E-state index >= 15 is 0 Å². The summed E-state index contributed by atoms with van der Waals surface area (Å²) in [5, 5.41) is 2.66. The van der Waals surface area contributed by atoms with Crippen molar-refractivity contribution in [3.05, 3.63) is 46.7 Å². The van der Waals surface area contributed by atoms with Crippen LogP contribution in [0.2, 0.25) is 0 Å². The van der Waals surface area contributed by atoms with Crippen molar-refractivity contribution in [2.45, 2.75) is 0 Å². The molecule has 4 nitrogen and oxygen atoms in total. The number of aromatic nitrogens is 2. The Labute approximate surface area is 106 Å². The summed E-state index contributed by atoms with van der Waals surface area (Å²) in [6, 6.07) is 4.28. The van der Waals surface area contributed by atoms with Gasteiger partial charge in [-0.1, -0.05) is 0 Å². The summed E-state index contributed by atoms with van der Waals surface area (Å²) in [7, 11) is 1.72. The van der Waals surface area contributed by atoms with E-state index in [1.165, 1.54) is 30.7 Å². The largest absolute Gasteiger partial charge is 0.330 e. The van der Waals surface area contributed by atoms with Crippen LogP contribution in [0.5, 0.6) is 0 Å². The van der Waals surface area contributed by atoms with Gasteiger partial charge in [0.25, 0.3) is 5.91 Å². The summed E-state index contributed by atoms with van der Waals surface area (Å²) >= 11 is 3.06. The molecule has 0 unspecified atom stereocenters. The summed E-state index contributed by atoms with van der Waals surface area (Å²) < 4.78 is 14.9. The second-order valence-electron chi connectivity index (χ2n) is 3.47. The molecule has 1 aromatic heterocycles. The maximum Gasteiger partial charge on any atom is 0.273 e. The molecule has 2 aromatic rings. The number of hydrogen-bond acceptors (Lipinski definition) is 2. The molecule has 1 N–H and O–H groups in total. The number of carbonyl (C=O) groups excluding carboxylic acids is 1. The average molecular weight is 298 g/mol. The number of amides is 1. The van der Waals surface area contributed by atoms with Crippen LogP contribution in [0.3, 0.4) is 0 Å². The number of imidazole rings is 1. The molecule has 0 radical (unpaired) electrons. The third-order valence-electron chi connectivity index (χ3n) is 2.23. The van der Waals surface area contributed by atoms with Crippen LogP contribution in [0.1, 0.15) is 10.5 Å². The second-order valence-corrected chi connectivity index (χ2v) is 4.33. The lowest BCUT2D eigenvalue weighted by Gasteiger charge is -2.06. The van der Waals surface area contributed by atoms with E-state index < -0.39 is 0 Å². The normalized spacial score (nSPS) is 10.3. The third-order valence-corrected chi connectivity index (χ3v) is 2.83. The Bertz CT molecular complexity index is 568. The fourth-order valence-corrected chi connectivity index (χ4v) is 1.72. The molecule has 2 rings (SSSR count). The topological polar surface area (TPSA) is 46.9 Å². The zero-order valence-electron chi connectivity index (χ0n) is 8.95. The number of carbonyl (C=O) groups is 1. The van der Waals surface area contributed by atoms with Crippen molar-refractivity contribution in [2.24, 2.45) is 7.05 Å². The minimum atomic E-state index is -0.372. The van der Waals surface area contributed by atoms with Gasteiger partial charge in [-0.15, -0.1) is 0 Å². The van der Waals surface area contributed by atoms with E-state index in [0.29, 0.717) is 15.9 Å². The van der Waals surface area contributed by atoms with E-state index in [1.54, 1.807) is 11.6 Å². The summed E-state index contributed by atoms with van der Waals surface area (Å²) in [6.45, 7) is 0. The van der Waals surface area contributed by atoms with Crippen molar-refractivity contribution in [3.63, 3.8) is 0 Å². The fourth-order valence-electron chi connectivity index (χ4n) is 1.35. The van der Waals surface area contributed by atoms with Gasteiger partial charge in [0, 0.05) is 12.7 Å². The molecular formula is C11H9BrFN3O. The molecule has 1 amide bonds. The summed E-state index contributed by atoms with van der Waals surface area (Å²) in [4.78, 5) is 15.7. The van der Waals surface area contributed by atoms with E-state index in [1.807, 2.05) is 0 Å². The number of halogens is 2. The fraction of sp³-hybridized carbons (Fsp3) is 0.0909. The molecule has 6 heteroatoms. The Hall–Kier alpha value is -1.69. The van der Waals surface area contributed by atoms with Crippen molar-refractivity contribution in [1.82, 2.24) is 9.55 Å². The SMILES string of the molecule is Cn1cncc1C(=O)Nc1ccc(F)c(Br)c1. The lowest BCUT2D eigenvalue weighted by Crippen LogP contribution is -2.15. The first-order valence-electron chi connectivity index (χ1n) is 4.80. The van der Waals surface area contributed by atoms with E-state index in [9.17, 15) is 9.18 Å². The standard InChI is InChI=1S/C11H9BrFN3O/c1-16-6-14-5-10(16)11(17)15-7-2-3-9(13)8(12)4-7/h2-6H,1H3,(H,15,17). The molecule has 88 valence electrons. The number of hydrogen-bond donors (Lipinski definition) is 1. The lowest BCUT2D eigenvalue weighted by atomic mass is 10.3. The molecule has 1 aromatic carbocycles. The smallest absolute Gasteiger partial charge is 0.273 e. The molecule has 0 bridgehead atoms. The van der Waals surface area contributed by atoms with Crippen molar-refractivity contribution in [1.29, 1.82) is 0 Å². The predicted octanol–water partition coefficient (Wildman–Crippen LogP) is 2.57. The highest BCUT2D eigenvalue weighted by molar-refractivity contribution is 9.10. The number of anilines is 1. The van der Waals surface area contributed by atoms with Crippen LogP contribution in [-0.4, -0.2) is 15.5 Å². The maximum absolute atomic E-state index is 13.0. The third kappa shape index (κ3) is 2.52. The molecule has 0 aliphatic heterocycles. The highest BCUT2D eigenvalue weighted by Crippen LogP contribution is 2.20. The molecule has 0 saturated carbocycles. The molecule has 17 heavy (non-hydrogen) atoms. The summed E-state index contributed by atoms with van der Waals surface area (Å²) in [5.41, 5.74) is 0.954. The van der Waals surface area contributed by atoms with Gasteiger partial charge in [-0.3, -0.25) is 4.79 Å². The number of aryl methyl sites for hydroxylation is 1. The van der Waals surface area contributed by atoms with E-state index in [2.05, 4.69) is 26.2 Å². The second kappa shape index (κ2) is 4.67. The van der Waals surface area contributed by atoms with E-state index in [4.69, 9.17) is 0 Å². The van der Waals surface area contributed by atoms with Crippen LogP contribution in [0, 0.1) is 5.82 Å². The first kappa shape index (κ1) is 11.8. The maximum atomic E-state index is 13.0. The zero-order chi connectivity index (χ0) is 12.4. The number of nitrogens with zero attached hydrogens (tertiary/aromatic N) is 2. The number of rotatable bonds is 2. The van der Waals surface area contributed by atoms with Gasteiger partial charge in [0.15, 0.2) is 0 Å². The first-order chi connectivity index (χ1) is 8.08. The van der Waals surface area contributed by atoms with Gasteiger partial charge in [0.2, 0.25) is 0 Å². The first-order valence-corrected chi connectivity index (χ1v) is 5.60. The van der Waals surface area contributed by atoms with Crippen LogP contribution in [0.25, 0.3) is 0 Å². The Morgan fingerprint density at radius 1 is 1.53 bits per heavy atom.